The molecule has 0 aliphatic carbocycles. The molecule has 10 heteroatoms. The average Bonchev–Trinajstić information content (AvgIpc) is 3.33. The van der Waals surface area contributed by atoms with Crippen LogP contribution in [0, 0.1) is 0 Å². The molecule has 5 aromatic rings. The lowest BCUT2D eigenvalue weighted by molar-refractivity contribution is -0.0298. The fourth-order valence-electron chi connectivity index (χ4n) is 4.97. The first-order chi connectivity index (χ1) is 18.0. The zero-order valence-corrected chi connectivity index (χ0v) is 21.0. The van der Waals surface area contributed by atoms with Gasteiger partial charge in [0.25, 0.3) is 5.56 Å². The van der Waals surface area contributed by atoms with E-state index in [0.717, 1.165) is 36.0 Å². The van der Waals surface area contributed by atoms with Gasteiger partial charge in [0.15, 0.2) is 17.0 Å². The van der Waals surface area contributed by atoms with E-state index in [1.54, 1.807) is 17.0 Å². The normalized spacial score (nSPS) is 16.8. The Kier molecular flexibility index (Phi) is 6.02. The second kappa shape index (κ2) is 9.49. The van der Waals surface area contributed by atoms with E-state index >= 15 is 0 Å². The number of halogens is 1. The van der Waals surface area contributed by atoms with Gasteiger partial charge in [-0.05, 0) is 55.8 Å². The first kappa shape index (κ1) is 23.4. The quantitative estimate of drug-likeness (QED) is 0.329. The van der Waals surface area contributed by atoms with Crippen molar-refractivity contribution in [2.75, 3.05) is 17.7 Å². The number of benzene rings is 2. The largest absolute Gasteiger partial charge is 0.368 e. The van der Waals surface area contributed by atoms with Gasteiger partial charge in [0.1, 0.15) is 6.23 Å². The highest BCUT2D eigenvalue weighted by Gasteiger charge is 2.23. The van der Waals surface area contributed by atoms with Crippen molar-refractivity contribution in [2.45, 2.75) is 38.5 Å². The number of aromatic nitrogens is 5. The zero-order valence-electron chi connectivity index (χ0n) is 20.3. The third-order valence-electron chi connectivity index (χ3n) is 6.74. The molecule has 4 heterocycles. The van der Waals surface area contributed by atoms with E-state index in [-0.39, 0.29) is 23.8 Å². The minimum absolute atomic E-state index is 0.130. The van der Waals surface area contributed by atoms with E-state index < -0.39 is 0 Å². The maximum Gasteiger partial charge on any atom is 0.264 e. The third kappa shape index (κ3) is 4.20. The molecule has 188 valence electrons. The van der Waals surface area contributed by atoms with Crippen molar-refractivity contribution in [3.63, 3.8) is 0 Å². The van der Waals surface area contributed by atoms with Crippen molar-refractivity contribution in [1.29, 1.82) is 0 Å². The Morgan fingerprint density at radius 2 is 1.97 bits per heavy atom. The topological polar surface area (TPSA) is 113 Å². The number of nitrogens with one attached hydrogen (secondary N) is 1. The second-order valence-corrected chi connectivity index (χ2v) is 9.60. The second-order valence-electron chi connectivity index (χ2n) is 9.19. The first-order valence-corrected chi connectivity index (χ1v) is 12.7. The van der Waals surface area contributed by atoms with E-state index in [0.29, 0.717) is 34.0 Å². The molecule has 1 aliphatic rings. The van der Waals surface area contributed by atoms with E-state index in [1.165, 1.54) is 0 Å². The van der Waals surface area contributed by atoms with Gasteiger partial charge in [0.2, 0.25) is 5.95 Å². The molecule has 2 atom stereocenters. The van der Waals surface area contributed by atoms with Crippen molar-refractivity contribution in [1.82, 2.24) is 24.1 Å². The van der Waals surface area contributed by atoms with Crippen molar-refractivity contribution >= 4 is 45.3 Å². The summed E-state index contributed by atoms with van der Waals surface area (Å²) >= 11 is 6.45. The van der Waals surface area contributed by atoms with Gasteiger partial charge in [-0.15, -0.1) is 0 Å². The fourth-order valence-corrected chi connectivity index (χ4v) is 5.23. The van der Waals surface area contributed by atoms with Gasteiger partial charge in [0.05, 0.1) is 22.8 Å². The smallest absolute Gasteiger partial charge is 0.264 e. The van der Waals surface area contributed by atoms with Crippen molar-refractivity contribution in [3.05, 3.63) is 82.0 Å². The van der Waals surface area contributed by atoms with Crippen LogP contribution >= 0.6 is 11.6 Å². The van der Waals surface area contributed by atoms with Crippen LogP contribution in [0.3, 0.4) is 0 Å². The van der Waals surface area contributed by atoms with Crippen LogP contribution in [0.5, 0.6) is 0 Å². The number of ether oxygens (including phenoxy) is 1. The Labute approximate surface area is 217 Å². The van der Waals surface area contributed by atoms with Gasteiger partial charge >= 0.3 is 0 Å². The number of nitrogens with zero attached hydrogens (tertiary/aromatic N) is 5. The molecule has 0 radical (unpaired) electrons. The number of para-hydroxylation sites is 1. The summed E-state index contributed by atoms with van der Waals surface area (Å²) in [4.78, 5) is 27.3. The Morgan fingerprint density at radius 3 is 2.76 bits per heavy atom. The Hall–Kier alpha value is -3.95. The predicted octanol–water partition coefficient (Wildman–Crippen LogP) is 5.24. The van der Waals surface area contributed by atoms with Gasteiger partial charge in [-0.1, -0.05) is 41.9 Å². The highest BCUT2D eigenvalue weighted by atomic mass is 35.5. The maximum atomic E-state index is 13.7. The highest BCUT2D eigenvalue weighted by Crippen LogP contribution is 2.31. The molecule has 0 saturated carbocycles. The van der Waals surface area contributed by atoms with Crippen LogP contribution < -0.4 is 16.6 Å². The maximum absolute atomic E-state index is 13.7. The molecule has 1 unspecified atom stereocenters. The highest BCUT2D eigenvalue weighted by molar-refractivity contribution is 6.35. The van der Waals surface area contributed by atoms with Gasteiger partial charge < -0.3 is 15.8 Å². The van der Waals surface area contributed by atoms with Crippen LogP contribution in [0.25, 0.3) is 27.6 Å². The molecular weight excluding hydrogens is 490 g/mol. The molecule has 37 heavy (non-hydrogen) atoms. The van der Waals surface area contributed by atoms with Crippen LogP contribution in [0.15, 0.2) is 65.7 Å². The lowest BCUT2D eigenvalue weighted by atomic mass is 10.1. The number of nitrogens with two attached hydrogens (primary N) is 1. The minimum Gasteiger partial charge on any atom is -0.368 e. The summed E-state index contributed by atoms with van der Waals surface area (Å²) in [5.41, 5.74) is 8.61. The van der Waals surface area contributed by atoms with Crippen molar-refractivity contribution < 1.29 is 4.74 Å². The van der Waals surface area contributed by atoms with Gasteiger partial charge in [-0.2, -0.15) is 9.97 Å². The summed E-state index contributed by atoms with van der Waals surface area (Å²) in [6.45, 7) is 2.67. The molecule has 3 aromatic heterocycles. The molecule has 3 N–H and O–H groups in total. The van der Waals surface area contributed by atoms with Gasteiger partial charge in [0, 0.05) is 18.0 Å². The summed E-state index contributed by atoms with van der Waals surface area (Å²) in [6, 6.07) is 16.6. The minimum atomic E-state index is -0.343. The van der Waals surface area contributed by atoms with Crippen LogP contribution in [0.1, 0.15) is 44.1 Å². The molecule has 0 bridgehead atoms. The summed E-state index contributed by atoms with van der Waals surface area (Å²) in [6.07, 6.45) is 4.60. The predicted molar refractivity (Wildman–Crippen MR) is 145 cm³/mol. The third-order valence-corrected chi connectivity index (χ3v) is 7.06. The number of imidazole rings is 1. The number of nitrogen functional groups attached to an aromatic ring is 1. The van der Waals surface area contributed by atoms with E-state index in [4.69, 9.17) is 22.1 Å². The molecule has 0 spiro atoms. The lowest BCUT2D eigenvalue weighted by Crippen LogP contribution is -2.26. The number of rotatable bonds is 5. The standard InChI is InChI=1S/C27H26ClN7O2/c1-16(31-24-23-25(33-27(29)32-24)34(15-30-23)21-12-5-6-13-37-21)20-14-17-8-7-11-19(28)22(17)26(36)35(20)18-9-3-2-4-10-18/h2-4,7-11,14-16,21H,5-6,12-13H2,1H3,(H3,29,31,32,33)/t16-,21?/m0/s1. The van der Waals surface area contributed by atoms with E-state index in [1.807, 2.05) is 60.0 Å². The van der Waals surface area contributed by atoms with Crippen molar-refractivity contribution in [3.8, 4) is 5.69 Å². The molecule has 2 aromatic carbocycles. The Balaban J connectivity index is 1.47. The summed E-state index contributed by atoms with van der Waals surface area (Å²) in [5, 5.41) is 5.09. The molecule has 1 saturated heterocycles. The molecule has 0 amide bonds. The summed E-state index contributed by atoms with van der Waals surface area (Å²) < 4.78 is 9.54. The molecule has 1 fully saturated rings. The number of hydrogen-bond donors (Lipinski definition) is 2. The summed E-state index contributed by atoms with van der Waals surface area (Å²) in [7, 11) is 0. The molecular formula is C27H26ClN7O2. The van der Waals surface area contributed by atoms with E-state index in [9.17, 15) is 4.79 Å². The molecule has 1 aliphatic heterocycles. The lowest BCUT2D eigenvalue weighted by Gasteiger charge is -2.24. The SMILES string of the molecule is C[C@H](Nc1nc(N)nc2c1ncn2C1CCCCO1)c1cc2cccc(Cl)c2c(=O)n1-c1ccccc1. The monoisotopic (exact) mass is 515 g/mol. The molecule has 9 nitrogen and oxygen atoms in total. The fraction of sp³-hybridized carbons (Fsp3) is 0.259. The van der Waals surface area contributed by atoms with Crippen LogP contribution in [-0.4, -0.2) is 30.7 Å². The van der Waals surface area contributed by atoms with Crippen LogP contribution in [-0.2, 0) is 4.74 Å². The molecule has 6 rings (SSSR count). The number of anilines is 2. The van der Waals surface area contributed by atoms with E-state index in [2.05, 4.69) is 20.3 Å². The summed E-state index contributed by atoms with van der Waals surface area (Å²) in [5.74, 6) is 0.619. The van der Waals surface area contributed by atoms with Crippen LogP contribution in [0.2, 0.25) is 5.02 Å². The van der Waals surface area contributed by atoms with Gasteiger partial charge in [-0.3, -0.25) is 13.9 Å². The van der Waals surface area contributed by atoms with Crippen LogP contribution in [0.4, 0.5) is 11.8 Å². The Morgan fingerprint density at radius 1 is 1.14 bits per heavy atom. The van der Waals surface area contributed by atoms with Crippen molar-refractivity contribution in [2.24, 2.45) is 0 Å². The average molecular weight is 516 g/mol. The Bertz CT molecular complexity index is 1660. The first-order valence-electron chi connectivity index (χ1n) is 12.3. The van der Waals surface area contributed by atoms with Gasteiger partial charge in [-0.25, -0.2) is 4.98 Å². The number of pyridine rings is 1. The zero-order chi connectivity index (χ0) is 25.5. The number of fused-ring (bicyclic) bond motifs is 2. The number of hydrogen-bond acceptors (Lipinski definition) is 7.